The maximum atomic E-state index is 12.3. The fraction of sp³-hybridized carbons (Fsp3) is 0.323. The lowest BCUT2D eigenvalue weighted by atomic mass is 9.95. The van der Waals surface area contributed by atoms with Gasteiger partial charge in [-0.2, -0.15) is 0 Å². The summed E-state index contributed by atoms with van der Waals surface area (Å²) in [5, 5.41) is 18.8. The summed E-state index contributed by atoms with van der Waals surface area (Å²) in [6.45, 7) is 4.72. The van der Waals surface area contributed by atoms with Crippen LogP contribution >= 0.6 is 0 Å². The fourth-order valence-corrected chi connectivity index (χ4v) is 4.99. The SMILES string of the molecule is CCCCc1nc2ccc(N(CCCCCO)C(N)=O)cc2n1-c1ccc(-c2ccccc2C(=O)O)c(C)c1.O. The monoisotopic (exact) mass is 546 g/mol. The van der Waals surface area contributed by atoms with Crippen LogP contribution in [0.3, 0.4) is 0 Å². The molecule has 9 heteroatoms. The van der Waals surface area contributed by atoms with Gasteiger partial charge in [0.05, 0.1) is 16.6 Å². The van der Waals surface area contributed by atoms with Gasteiger partial charge in [-0.3, -0.25) is 9.47 Å². The van der Waals surface area contributed by atoms with Crippen molar-refractivity contribution in [1.82, 2.24) is 9.55 Å². The molecule has 0 aliphatic heterocycles. The minimum Gasteiger partial charge on any atom is -0.478 e. The number of hydrogen-bond donors (Lipinski definition) is 3. The summed E-state index contributed by atoms with van der Waals surface area (Å²) in [6, 6.07) is 18.3. The lowest BCUT2D eigenvalue weighted by Gasteiger charge is -2.21. The number of aryl methyl sites for hydroxylation is 2. The first-order valence-corrected chi connectivity index (χ1v) is 13.5. The van der Waals surface area contributed by atoms with Crippen LogP contribution in [-0.2, 0) is 6.42 Å². The summed E-state index contributed by atoms with van der Waals surface area (Å²) in [4.78, 5) is 30.6. The summed E-state index contributed by atoms with van der Waals surface area (Å²) >= 11 is 0. The lowest BCUT2D eigenvalue weighted by molar-refractivity contribution is 0.0697. The second-order valence-corrected chi connectivity index (χ2v) is 9.76. The van der Waals surface area contributed by atoms with Gasteiger partial charge in [-0.25, -0.2) is 14.6 Å². The number of carbonyl (C=O) groups is 2. The van der Waals surface area contributed by atoms with Gasteiger partial charge in [0.1, 0.15) is 5.82 Å². The molecule has 0 radical (unpaired) electrons. The topological polar surface area (TPSA) is 153 Å². The number of unbranched alkanes of at least 4 members (excludes halogenated alkanes) is 3. The van der Waals surface area contributed by atoms with Crippen molar-refractivity contribution < 1.29 is 25.3 Å². The minimum absolute atomic E-state index is 0. The molecule has 0 aliphatic carbocycles. The normalized spacial score (nSPS) is 10.9. The van der Waals surface area contributed by atoms with E-state index in [4.69, 9.17) is 15.8 Å². The van der Waals surface area contributed by atoms with Crippen LogP contribution < -0.4 is 10.6 Å². The number of anilines is 1. The van der Waals surface area contributed by atoms with Crippen molar-refractivity contribution in [3.63, 3.8) is 0 Å². The highest BCUT2D eigenvalue weighted by atomic mass is 16.4. The van der Waals surface area contributed by atoms with E-state index in [1.165, 1.54) is 0 Å². The molecular weight excluding hydrogens is 508 g/mol. The smallest absolute Gasteiger partial charge is 0.336 e. The number of rotatable bonds is 12. The van der Waals surface area contributed by atoms with Crippen molar-refractivity contribution in [2.24, 2.45) is 5.73 Å². The van der Waals surface area contributed by atoms with Crippen molar-refractivity contribution >= 4 is 28.7 Å². The predicted molar refractivity (Wildman–Crippen MR) is 158 cm³/mol. The molecule has 6 N–H and O–H groups in total. The van der Waals surface area contributed by atoms with Crippen LogP contribution in [0.15, 0.2) is 60.7 Å². The Kier molecular flexibility index (Phi) is 10.4. The molecule has 0 spiro atoms. The lowest BCUT2D eigenvalue weighted by Crippen LogP contribution is -2.36. The zero-order valence-electron chi connectivity index (χ0n) is 23.1. The van der Waals surface area contributed by atoms with E-state index in [1.807, 2.05) is 49.4 Å². The Hall–Kier alpha value is -4.21. The summed E-state index contributed by atoms with van der Waals surface area (Å²) in [6.07, 6.45) is 5.04. The molecule has 3 aromatic carbocycles. The van der Waals surface area contributed by atoms with Crippen LogP contribution in [0, 0.1) is 6.92 Å². The molecule has 9 nitrogen and oxygen atoms in total. The average Bonchev–Trinajstić information content (AvgIpc) is 3.29. The Morgan fingerprint density at radius 2 is 1.75 bits per heavy atom. The second-order valence-electron chi connectivity index (χ2n) is 9.76. The number of aromatic nitrogens is 2. The molecule has 0 unspecified atom stereocenters. The van der Waals surface area contributed by atoms with E-state index < -0.39 is 12.0 Å². The molecule has 2 amide bonds. The maximum Gasteiger partial charge on any atom is 0.336 e. The first-order valence-electron chi connectivity index (χ1n) is 13.5. The van der Waals surface area contributed by atoms with Crippen LogP contribution in [0.2, 0.25) is 0 Å². The second kappa shape index (κ2) is 13.7. The highest BCUT2D eigenvalue weighted by Gasteiger charge is 2.19. The molecule has 4 aromatic rings. The van der Waals surface area contributed by atoms with Crippen LogP contribution in [0.4, 0.5) is 10.5 Å². The highest BCUT2D eigenvalue weighted by molar-refractivity contribution is 5.97. The third kappa shape index (κ3) is 6.50. The van der Waals surface area contributed by atoms with Gasteiger partial charge in [0, 0.05) is 30.9 Å². The summed E-state index contributed by atoms with van der Waals surface area (Å²) in [7, 11) is 0. The molecule has 0 aliphatic rings. The Labute approximate surface area is 234 Å². The van der Waals surface area contributed by atoms with Gasteiger partial charge >= 0.3 is 12.0 Å². The number of urea groups is 1. The van der Waals surface area contributed by atoms with Gasteiger partial charge in [-0.1, -0.05) is 37.6 Å². The summed E-state index contributed by atoms with van der Waals surface area (Å²) in [5.74, 6) is -0.0323. The largest absolute Gasteiger partial charge is 0.478 e. The van der Waals surface area contributed by atoms with E-state index >= 15 is 0 Å². The summed E-state index contributed by atoms with van der Waals surface area (Å²) < 4.78 is 2.12. The highest BCUT2D eigenvalue weighted by Crippen LogP contribution is 2.32. The first kappa shape index (κ1) is 30.3. The van der Waals surface area contributed by atoms with Gasteiger partial charge in [0.15, 0.2) is 0 Å². The van der Waals surface area contributed by atoms with E-state index in [2.05, 4.69) is 17.6 Å². The van der Waals surface area contributed by atoms with Crippen LogP contribution in [0.1, 0.15) is 60.8 Å². The van der Waals surface area contributed by atoms with E-state index in [9.17, 15) is 14.7 Å². The van der Waals surface area contributed by atoms with E-state index in [-0.39, 0.29) is 17.6 Å². The van der Waals surface area contributed by atoms with Gasteiger partial charge in [0.25, 0.3) is 0 Å². The number of amides is 2. The maximum absolute atomic E-state index is 12.3. The number of aliphatic hydroxyl groups is 1. The number of carboxylic acids is 1. The quantitative estimate of drug-likeness (QED) is 0.207. The third-order valence-electron chi connectivity index (χ3n) is 6.99. The Morgan fingerprint density at radius 3 is 2.42 bits per heavy atom. The Morgan fingerprint density at radius 1 is 0.975 bits per heavy atom. The average molecular weight is 547 g/mol. The number of benzene rings is 3. The molecule has 212 valence electrons. The number of nitrogens with two attached hydrogens (primary N) is 1. The molecule has 0 bridgehead atoms. The molecule has 4 rings (SSSR count). The molecule has 0 atom stereocenters. The number of carbonyl (C=O) groups excluding carboxylic acids is 1. The number of fused-ring (bicyclic) bond motifs is 1. The minimum atomic E-state index is -0.959. The van der Waals surface area contributed by atoms with Gasteiger partial charge in [0.2, 0.25) is 0 Å². The molecule has 1 aromatic heterocycles. The van der Waals surface area contributed by atoms with Gasteiger partial charge in [-0.15, -0.1) is 0 Å². The van der Waals surface area contributed by atoms with Crippen molar-refractivity contribution in [3.8, 4) is 16.8 Å². The third-order valence-corrected chi connectivity index (χ3v) is 6.99. The van der Waals surface area contributed by atoms with Crippen LogP contribution in [0.25, 0.3) is 27.8 Å². The van der Waals surface area contributed by atoms with Gasteiger partial charge < -0.3 is 21.4 Å². The zero-order valence-corrected chi connectivity index (χ0v) is 23.1. The number of hydrogen-bond acceptors (Lipinski definition) is 4. The molecule has 0 saturated heterocycles. The number of imidazole rings is 1. The number of aliphatic hydroxyl groups excluding tert-OH is 1. The van der Waals surface area contributed by atoms with E-state index in [0.29, 0.717) is 24.2 Å². The molecule has 0 fully saturated rings. The molecule has 40 heavy (non-hydrogen) atoms. The van der Waals surface area contributed by atoms with Crippen LogP contribution in [0.5, 0.6) is 0 Å². The molecule has 1 heterocycles. The van der Waals surface area contributed by atoms with Crippen molar-refractivity contribution in [1.29, 1.82) is 0 Å². The first-order chi connectivity index (χ1) is 18.8. The van der Waals surface area contributed by atoms with E-state index in [0.717, 1.165) is 65.8 Å². The Balaban J connectivity index is 0.00000441. The van der Waals surface area contributed by atoms with E-state index in [1.54, 1.807) is 17.0 Å². The number of nitrogens with zero attached hydrogens (tertiary/aromatic N) is 3. The number of aromatic carboxylic acids is 1. The molecular formula is C31H38N4O5. The van der Waals surface area contributed by atoms with Crippen molar-refractivity contribution in [2.45, 2.75) is 52.4 Å². The number of primary amides is 1. The number of carboxylic acid groups (broad SMARTS) is 1. The Bertz CT molecular complexity index is 1480. The zero-order chi connectivity index (χ0) is 27.9. The standard InChI is InChI=1S/C31H36N4O4.H2O/c1-3-4-12-29-33-27-16-14-22(34(31(32)39)17-8-5-9-18-36)20-28(27)35(29)23-13-15-24(21(2)19-23)25-10-6-7-11-26(25)30(37)38;/h6-7,10-11,13-16,19-20,36H,3-5,8-9,12,17-18H2,1-2H3,(H2,32,39)(H,37,38);1H2. The van der Waals surface area contributed by atoms with Gasteiger partial charge in [-0.05, 0) is 85.7 Å². The predicted octanol–water partition coefficient (Wildman–Crippen LogP) is 5.26. The fourth-order valence-electron chi connectivity index (χ4n) is 4.99. The van der Waals surface area contributed by atoms with Crippen molar-refractivity contribution in [2.75, 3.05) is 18.1 Å². The van der Waals surface area contributed by atoms with Crippen molar-refractivity contribution in [3.05, 3.63) is 77.6 Å². The summed E-state index contributed by atoms with van der Waals surface area (Å²) in [5.41, 5.74) is 11.8. The molecule has 0 saturated carbocycles. The van der Waals surface area contributed by atoms with Crippen LogP contribution in [-0.4, -0.2) is 50.4 Å².